The zero-order valence-electron chi connectivity index (χ0n) is 6.58. The number of alkyl halides is 2. The molecule has 0 saturated carbocycles. The van der Waals surface area contributed by atoms with Crippen molar-refractivity contribution in [3.8, 4) is 0 Å². The summed E-state index contributed by atoms with van der Waals surface area (Å²) in [6, 6.07) is 0. The Morgan fingerprint density at radius 3 is 2.83 bits per heavy atom. The molecular formula is C7H11F2N3. The van der Waals surface area contributed by atoms with Crippen LogP contribution in [0.3, 0.4) is 0 Å². The Morgan fingerprint density at radius 1 is 1.58 bits per heavy atom. The molecule has 0 fully saturated rings. The predicted molar refractivity (Wildman–Crippen MR) is 41.9 cm³/mol. The van der Waals surface area contributed by atoms with Crippen LogP contribution in [-0.2, 0) is 6.54 Å². The molecule has 0 spiro atoms. The third-order valence-corrected chi connectivity index (χ3v) is 1.57. The van der Waals surface area contributed by atoms with Crippen molar-refractivity contribution in [1.29, 1.82) is 0 Å². The first kappa shape index (κ1) is 8.96. The molecule has 0 atom stereocenters. The predicted octanol–water partition coefficient (Wildman–Crippen LogP) is 1.51. The van der Waals surface area contributed by atoms with E-state index in [1.807, 2.05) is 0 Å². The topological polar surface area (TPSA) is 43.8 Å². The van der Waals surface area contributed by atoms with Crippen molar-refractivity contribution in [3.05, 3.63) is 12.4 Å². The lowest BCUT2D eigenvalue weighted by Crippen LogP contribution is -2.03. The van der Waals surface area contributed by atoms with E-state index < -0.39 is 6.43 Å². The average Bonchev–Trinajstić information content (AvgIpc) is 2.36. The Labute approximate surface area is 69.2 Å². The summed E-state index contributed by atoms with van der Waals surface area (Å²) >= 11 is 0. The van der Waals surface area contributed by atoms with E-state index in [9.17, 15) is 8.78 Å². The number of hydrogen-bond acceptors (Lipinski definition) is 2. The van der Waals surface area contributed by atoms with Gasteiger partial charge in [0.25, 0.3) is 0 Å². The number of anilines is 1. The molecule has 68 valence electrons. The first-order chi connectivity index (χ1) is 5.70. The van der Waals surface area contributed by atoms with Crippen LogP contribution < -0.4 is 5.73 Å². The number of halogens is 2. The van der Waals surface area contributed by atoms with E-state index >= 15 is 0 Å². The number of nitrogens with zero attached hydrogens (tertiary/aromatic N) is 2. The highest BCUT2D eigenvalue weighted by atomic mass is 19.3. The number of aromatic nitrogens is 2. The molecule has 0 aliphatic heterocycles. The van der Waals surface area contributed by atoms with Gasteiger partial charge in [-0.1, -0.05) is 0 Å². The maximum Gasteiger partial charge on any atom is 0.238 e. The first-order valence-corrected chi connectivity index (χ1v) is 3.75. The molecule has 0 aromatic carbocycles. The summed E-state index contributed by atoms with van der Waals surface area (Å²) < 4.78 is 25.1. The Morgan fingerprint density at radius 2 is 2.33 bits per heavy atom. The molecule has 12 heavy (non-hydrogen) atoms. The second-order valence-electron chi connectivity index (χ2n) is 2.51. The highest BCUT2D eigenvalue weighted by Gasteiger charge is 2.02. The molecule has 5 heteroatoms. The summed E-state index contributed by atoms with van der Waals surface area (Å²) in [5.74, 6) is 0.379. The molecule has 0 radical (unpaired) electrons. The Hall–Kier alpha value is -1.13. The zero-order valence-corrected chi connectivity index (χ0v) is 6.58. The van der Waals surface area contributed by atoms with Crippen LogP contribution in [0.4, 0.5) is 14.7 Å². The largest absolute Gasteiger partial charge is 0.369 e. The van der Waals surface area contributed by atoms with Crippen LogP contribution in [-0.4, -0.2) is 16.0 Å². The van der Waals surface area contributed by atoms with E-state index in [0.717, 1.165) is 0 Å². The molecule has 0 aliphatic rings. The van der Waals surface area contributed by atoms with E-state index in [2.05, 4.69) is 4.98 Å². The maximum absolute atomic E-state index is 11.7. The third kappa shape index (κ3) is 2.48. The van der Waals surface area contributed by atoms with Crippen LogP contribution in [0.25, 0.3) is 0 Å². The molecule has 0 bridgehead atoms. The van der Waals surface area contributed by atoms with Gasteiger partial charge >= 0.3 is 0 Å². The normalized spacial score (nSPS) is 10.9. The first-order valence-electron chi connectivity index (χ1n) is 3.75. The monoisotopic (exact) mass is 175 g/mol. The van der Waals surface area contributed by atoms with Gasteiger partial charge in [-0.15, -0.1) is 0 Å². The number of hydrogen-bond donors (Lipinski definition) is 1. The van der Waals surface area contributed by atoms with Crippen molar-refractivity contribution in [2.24, 2.45) is 0 Å². The van der Waals surface area contributed by atoms with Gasteiger partial charge < -0.3 is 10.3 Å². The van der Waals surface area contributed by atoms with Crippen LogP contribution in [0.5, 0.6) is 0 Å². The minimum atomic E-state index is -2.23. The number of nitrogen functional groups attached to an aromatic ring is 1. The molecule has 0 amide bonds. The molecule has 1 aromatic rings. The van der Waals surface area contributed by atoms with Crippen LogP contribution in [0.15, 0.2) is 12.4 Å². The lowest BCUT2D eigenvalue weighted by Gasteiger charge is -2.03. The number of nitrogens with two attached hydrogens (primary N) is 1. The van der Waals surface area contributed by atoms with Gasteiger partial charge in [-0.05, 0) is 6.42 Å². The molecule has 0 aliphatic carbocycles. The fourth-order valence-corrected chi connectivity index (χ4v) is 0.946. The number of imidazole rings is 1. The summed E-state index contributed by atoms with van der Waals surface area (Å²) in [6.07, 6.45) is 1.35. The second kappa shape index (κ2) is 4.04. The molecule has 0 unspecified atom stereocenters. The van der Waals surface area contributed by atoms with E-state index in [1.165, 1.54) is 0 Å². The summed E-state index contributed by atoms with van der Waals surface area (Å²) in [5, 5.41) is 0. The van der Waals surface area contributed by atoms with E-state index in [0.29, 0.717) is 18.9 Å². The van der Waals surface area contributed by atoms with Gasteiger partial charge in [0.2, 0.25) is 6.43 Å². The zero-order chi connectivity index (χ0) is 8.97. The Bertz CT molecular complexity index is 234. The SMILES string of the molecule is Nc1nccn1CCCC(F)F. The second-order valence-corrected chi connectivity index (χ2v) is 2.51. The summed E-state index contributed by atoms with van der Waals surface area (Å²) in [4.78, 5) is 3.77. The van der Waals surface area contributed by atoms with E-state index in [1.54, 1.807) is 17.0 Å². The molecule has 0 saturated heterocycles. The highest BCUT2D eigenvalue weighted by molar-refractivity contribution is 5.16. The van der Waals surface area contributed by atoms with Crippen LogP contribution in [0, 0.1) is 0 Å². The summed E-state index contributed by atoms with van der Waals surface area (Å²) in [6.45, 7) is 0.510. The summed E-state index contributed by atoms with van der Waals surface area (Å²) in [5.41, 5.74) is 5.42. The Kier molecular flexibility index (Phi) is 3.01. The van der Waals surface area contributed by atoms with Crippen molar-refractivity contribution in [2.75, 3.05) is 5.73 Å². The van der Waals surface area contributed by atoms with Gasteiger partial charge in [0, 0.05) is 25.4 Å². The van der Waals surface area contributed by atoms with Crippen LogP contribution in [0.1, 0.15) is 12.8 Å². The summed E-state index contributed by atoms with van der Waals surface area (Å²) in [7, 11) is 0. The number of rotatable bonds is 4. The fourth-order valence-electron chi connectivity index (χ4n) is 0.946. The molecule has 2 N–H and O–H groups in total. The standard InChI is InChI=1S/C7H11F2N3/c8-6(9)2-1-4-12-5-3-11-7(12)10/h3,5-6H,1-2,4H2,(H2,10,11). The van der Waals surface area contributed by atoms with Gasteiger partial charge in [-0.25, -0.2) is 13.8 Å². The molecule has 1 rings (SSSR count). The van der Waals surface area contributed by atoms with Crippen molar-refractivity contribution >= 4 is 5.95 Å². The van der Waals surface area contributed by atoms with Crippen molar-refractivity contribution < 1.29 is 8.78 Å². The molecule has 3 nitrogen and oxygen atoms in total. The maximum atomic E-state index is 11.7. The Balaban J connectivity index is 2.29. The van der Waals surface area contributed by atoms with E-state index in [4.69, 9.17) is 5.73 Å². The van der Waals surface area contributed by atoms with Crippen molar-refractivity contribution in [3.63, 3.8) is 0 Å². The van der Waals surface area contributed by atoms with Gasteiger partial charge in [-0.2, -0.15) is 0 Å². The minimum Gasteiger partial charge on any atom is -0.369 e. The minimum absolute atomic E-state index is 0.0857. The number of aryl methyl sites for hydroxylation is 1. The van der Waals surface area contributed by atoms with Crippen molar-refractivity contribution in [1.82, 2.24) is 9.55 Å². The van der Waals surface area contributed by atoms with Gasteiger partial charge in [0.05, 0.1) is 0 Å². The van der Waals surface area contributed by atoms with Crippen molar-refractivity contribution in [2.45, 2.75) is 25.8 Å². The smallest absolute Gasteiger partial charge is 0.238 e. The van der Waals surface area contributed by atoms with Gasteiger partial charge in [-0.3, -0.25) is 0 Å². The van der Waals surface area contributed by atoms with Gasteiger partial charge in [0.1, 0.15) is 0 Å². The lowest BCUT2D eigenvalue weighted by molar-refractivity contribution is 0.133. The fraction of sp³-hybridized carbons (Fsp3) is 0.571. The molecule has 1 heterocycles. The highest BCUT2D eigenvalue weighted by Crippen LogP contribution is 2.06. The van der Waals surface area contributed by atoms with Crippen LogP contribution in [0.2, 0.25) is 0 Å². The van der Waals surface area contributed by atoms with Crippen LogP contribution >= 0.6 is 0 Å². The molecule has 1 aromatic heterocycles. The quantitative estimate of drug-likeness (QED) is 0.753. The average molecular weight is 175 g/mol. The van der Waals surface area contributed by atoms with Gasteiger partial charge in [0.15, 0.2) is 5.95 Å². The van der Waals surface area contributed by atoms with E-state index in [-0.39, 0.29) is 6.42 Å². The lowest BCUT2D eigenvalue weighted by atomic mass is 10.3. The third-order valence-electron chi connectivity index (χ3n) is 1.57. The molecular weight excluding hydrogens is 164 g/mol.